The molecule has 2 heterocycles. The molecule has 1 N–H and O–H groups in total. The maximum absolute atomic E-state index is 5.65. The Kier molecular flexibility index (Phi) is 6.93. The smallest absolute Gasteiger partial charge is 0.130 e. The van der Waals surface area contributed by atoms with E-state index in [2.05, 4.69) is 144 Å². The van der Waals surface area contributed by atoms with Gasteiger partial charge < -0.3 is 4.74 Å². The third-order valence-corrected chi connectivity index (χ3v) is 8.41. The van der Waals surface area contributed by atoms with Gasteiger partial charge in [-0.2, -0.15) is 0 Å². The van der Waals surface area contributed by atoms with Crippen molar-refractivity contribution >= 4 is 5.71 Å². The Morgan fingerprint density at radius 1 is 0.585 bits per heavy atom. The number of hydrogen-bond acceptors (Lipinski definition) is 4. The van der Waals surface area contributed by atoms with Crippen molar-refractivity contribution in [1.82, 2.24) is 10.2 Å². The fraction of sp³-hybridized carbons (Fsp3) is 0.162. The highest BCUT2D eigenvalue weighted by Crippen LogP contribution is 2.54. The monoisotopic (exact) mass is 535 g/mol. The summed E-state index contributed by atoms with van der Waals surface area (Å²) in [6, 6.07) is 51.8. The minimum atomic E-state index is -0.177. The third-order valence-electron chi connectivity index (χ3n) is 8.41. The van der Waals surface area contributed by atoms with Crippen molar-refractivity contribution in [2.24, 2.45) is 10.9 Å². The molecular formula is C37H33N3O. The van der Waals surface area contributed by atoms with E-state index in [9.17, 15) is 0 Å². The quantitative estimate of drug-likeness (QED) is 0.240. The molecule has 0 spiro atoms. The normalized spacial score (nSPS) is 25.2. The molecule has 4 nitrogen and oxygen atoms in total. The van der Waals surface area contributed by atoms with Gasteiger partial charge in [-0.05, 0) is 52.1 Å². The lowest BCUT2D eigenvalue weighted by molar-refractivity contribution is -0.0257. The van der Waals surface area contributed by atoms with Crippen LogP contribution in [0.3, 0.4) is 0 Å². The van der Waals surface area contributed by atoms with E-state index < -0.39 is 0 Å². The molecule has 6 atom stereocenters. The number of nitrogens with one attached hydrogen (secondary N) is 1. The van der Waals surface area contributed by atoms with Gasteiger partial charge in [-0.25, -0.2) is 0 Å². The Balaban J connectivity index is 1.51. The molecule has 2 bridgehead atoms. The summed E-state index contributed by atoms with van der Waals surface area (Å²) in [5.41, 5.74) is 7.20. The van der Waals surface area contributed by atoms with E-state index in [1.165, 1.54) is 22.3 Å². The van der Waals surface area contributed by atoms with Gasteiger partial charge in [0.05, 0.1) is 19.0 Å². The molecule has 0 aromatic heterocycles. The summed E-state index contributed by atoms with van der Waals surface area (Å²) in [5.74, 6) is 0.907. The molecule has 4 heteroatoms. The molecule has 5 aromatic rings. The molecule has 5 aromatic carbocycles. The summed E-state index contributed by atoms with van der Waals surface area (Å²) in [5, 5.41) is 4.13. The van der Waals surface area contributed by atoms with Crippen LogP contribution in [0.15, 0.2) is 151 Å². The topological polar surface area (TPSA) is 36.9 Å². The summed E-state index contributed by atoms with van der Waals surface area (Å²) in [4.78, 5) is 8.25. The maximum Gasteiger partial charge on any atom is 0.130 e. The van der Waals surface area contributed by atoms with Crippen LogP contribution < -0.4 is 10.1 Å². The molecule has 1 fully saturated rings. The predicted molar refractivity (Wildman–Crippen MR) is 165 cm³/mol. The first-order chi connectivity index (χ1) is 20.3. The van der Waals surface area contributed by atoms with Crippen LogP contribution in [-0.2, 0) is 0 Å². The van der Waals surface area contributed by atoms with Gasteiger partial charge in [-0.3, -0.25) is 15.2 Å². The van der Waals surface area contributed by atoms with Crippen LogP contribution in [0.25, 0.3) is 0 Å². The number of ether oxygens (including phenoxy) is 1. The second-order valence-corrected chi connectivity index (χ2v) is 10.7. The van der Waals surface area contributed by atoms with E-state index >= 15 is 0 Å². The van der Waals surface area contributed by atoms with Gasteiger partial charge >= 0.3 is 0 Å². The van der Waals surface area contributed by atoms with E-state index in [-0.39, 0.29) is 30.3 Å². The Labute approximate surface area is 242 Å². The number of fused-ring (bicyclic) bond motifs is 2. The van der Waals surface area contributed by atoms with Crippen LogP contribution >= 0.6 is 0 Å². The molecule has 1 saturated heterocycles. The van der Waals surface area contributed by atoms with Crippen LogP contribution in [0.5, 0.6) is 5.75 Å². The number of methoxy groups -OCH3 is 1. The van der Waals surface area contributed by atoms with Gasteiger partial charge in [0.15, 0.2) is 0 Å². The molecule has 7 rings (SSSR count). The van der Waals surface area contributed by atoms with Crippen molar-refractivity contribution in [3.63, 3.8) is 0 Å². The molecule has 0 amide bonds. The number of aliphatic imine (C=N–C) groups is 1. The molecule has 0 aliphatic carbocycles. The van der Waals surface area contributed by atoms with E-state index in [0.717, 1.165) is 17.0 Å². The Morgan fingerprint density at radius 2 is 1.10 bits per heavy atom. The van der Waals surface area contributed by atoms with Crippen molar-refractivity contribution in [2.75, 3.05) is 7.11 Å². The fourth-order valence-electron chi connectivity index (χ4n) is 6.57. The zero-order valence-electron chi connectivity index (χ0n) is 23.0. The second-order valence-electron chi connectivity index (χ2n) is 10.7. The Hall–Kier alpha value is -4.51. The average Bonchev–Trinajstić information content (AvgIpc) is 3.06. The van der Waals surface area contributed by atoms with E-state index in [1.54, 1.807) is 7.11 Å². The van der Waals surface area contributed by atoms with Crippen LogP contribution in [0.1, 0.15) is 52.2 Å². The lowest BCUT2D eigenvalue weighted by Gasteiger charge is -2.56. The second kappa shape index (κ2) is 11.2. The van der Waals surface area contributed by atoms with Crippen LogP contribution in [0.2, 0.25) is 0 Å². The van der Waals surface area contributed by atoms with Gasteiger partial charge in [0.1, 0.15) is 11.9 Å². The Morgan fingerprint density at radius 3 is 1.66 bits per heavy atom. The average molecular weight is 536 g/mol. The van der Waals surface area contributed by atoms with Gasteiger partial charge in [-0.1, -0.05) is 121 Å². The van der Waals surface area contributed by atoms with Crippen molar-refractivity contribution in [3.8, 4) is 5.75 Å². The van der Waals surface area contributed by atoms with Gasteiger partial charge in [0.25, 0.3) is 0 Å². The summed E-state index contributed by atoms with van der Waals surface area (Å²) in [7, 11) is 1.71. The van der Waals surface area contributed by atoms with Crippen LogP contribution in [-0.4, -0.2) is 17.7 Å². The largest absolute Gasteiger partial charge is 0.497 e. The van der Waals surface area contributed by atoms with Gasteiger partial charge in [-0.15, -0.1) is 0 Å². The van der Waals surface area contributed by atoms with Crippen molar-refractivity contribution < 1.29 is 4.74 Å². The summed E-state index contributed by atoms with van der Waals surface area (Å²) < 4.78 is 5.51. The zero-order valence-corrected chi connectivity index (χ0v) is 23.0. The SMILES string of the molecule is COc1ccc(C2=NC(c3ccccc3)N3C(c4ccccc4)NC(c4ccccc4)C2C3c2ccccc2)cc1. The minimum absolute atomic E-state index is 0.0421. The summed E-state index contributed by atoms with van der Waals surface area (Å²) in [6.07, 6.45) is -0.224. The molecule has 41 heavy (non-hydrogen) atoms. The van der Waals surface area contributed by atoms with E-state index in [4.69, 9.17) is 9.73 Å². The minimum Gasteiger partial charge on any atom is -0.497 e. The first-order valence-corrected chi connectivity index (χ1v) is 14.3. The summed E-state index contributed by atoms with van der Waals surface area (Å²) >= 11 is 0. The number of nitrogens with zero attached hydrogens (tertiary/aromatic N) is 2. The van der Waals surface area contributed by atoms with Crippen molar-refractivity contribution in [2.45, 2.75) is 24.4 Å². The standard InChI is InChI=1S/C37H33N3O/c1-41-31-24-22-27(23-25-31)34-32-33(26-14-6-2-7-15-26)38-36(29-18-10-4-11-19-29)40(35(32)28-16-8-3-9-17-28)37(39-34)30-20-12-5-13-21-30/h2-25,32-33,35-38H,1H3. The van der Waals surface area contributed by atoms with Crippen LogP contribution in [0, 0.1) is 5.92 Å². The van der Waals surface area contributed by atoms with Gasteiger partial charge in [0, 0.05) is 18.0 Å². The lowest BCUT2D eigenvalue weighted by atomic mass is 9.73. The number of hydrogen-bond donors (Lipinski definition) is 1. The van der Waals surface area contributed by atoms with E-state index in [0.29, 0.717) is 0 Å². The molecule has 0 saturated carbocycles. The number of benzene rings is 5. The molecule has 2 aliphatic heterocycles. The third kappa shape index (κ3) is 4.76. The van der Waals surface area contributed by atoms with Gasteiger partial charge in [0.2, 0.25) is 0 Å². The first kappa shape index (κ1) is 25.5. The molecule has 202 valence electrons. The highest BCUT2D eigenvalue weighted by Gasteiger charge is 2.52. The maximum atomic E-state index is 5.65. The van der Waals surface area contributed by atoms with Crippen molar-refractivity contribution in [1.29, 1.82) is 0 Å². The summed E-state index contributed by atoms with van der Waals surface area (Å²) in [6.45, 7) is 0. The highest BCUT2D eigenvalue weighted by molar-refractivity contribution is 6.04. The van der Waals surface area contributed by atoms with Crippen molar-refractivity contribution in [3.05, 3.63) is 173 Å². The predicted octanol–water partition coefficient (Wildman–Crippen LogP) is 7.90. The first-order valence-electron chi connectivity index (χ1n) is 14.3. The van der Waals surface area contributed by atoms with E-state index in [1.807, 2.05) is 12.1 Å². The number of rotatable bonds is 6. The molecular weight excluding hydrogens is 502 g/mol. The fourth-order valence-corrected chi connectivity index (χ4v) is 6.57. The zero-order chi connectivity index (χ0) is 27.6. The van der Waals surface area contributed by atoms with Crippen LogP contribution in [0.4, 0.5) is 0 Å². The molecule has 2 aliphatic rings. The highest BCUT2D eigenvalue weighted by atomic mass is 16.5. The molecule has 0 radical (unpaired) electrons. The Bertz CT molecular complexity index is 1610. The lowest BCUT2D eigenvalue weighted by Crippen LogP contribution is -2.58. The molecule has 6 unspecified atom stereocenters.